The zero-order chi connectivity index (χ0) is 9.80. The van der Waals surface area contributed by atoms with Gasteiger partial charge >= 0.3 is 0 Å². The molecule has 0 spiro atoms. The number of hydrogen-bond donors (Lipinski definition) is 2. The first-order valence-electron chi connectivity index (χ1n) is 5.13. The van der Waals surface area contributed by atoms with Crippen molar-refractivity contribution in [1.82, 2.24) is 14.2 Å². The van der Waals surface area contributed by atoms with Gasteiger partial charge in [0.05, 0.1) is 29.7 Å². The number of aromatic nitrogens is 2. The minimum absolute atomic E-state index is 0.192. The average molecular weight is 212 g/mol. The molecule has 1 aromatic heterocycles. The molecule has 0 aromatic carbocycles. The van der Waals surface area contributed by atoms with Gasteiger partial charge in [-0.05, 0) is 12.3 Å². The van der Waals surface area contributed by atoms with Gasteiger partial charge < -0.3 is 0 Å². The van der Waals surface area contributed by atoms with Crippen LogP contribution in [0.1, 0.15) is 43.8 Å². The normalized spacial score (nSPS) is 20.1. The second-order valence-electron chi connectivity index (χ2n) is 3.94. The van der Waals surface area contributed by atoms with E-state index in [1.807, 2.05) is 6.20 Å². The highest BCUT2D eigenvalue weighted by Gasteiger charge is 2.21. The summed E-state index contributed by atoms with van der Waals surface area (Å²) in [6, 6.07) is 0.192. The second kappa shape index (κ2) is 4.82. The molecule has 1 aliphatic rings. The van der Waals surface area contributed by atoms with E-state index in [1.165, 1.54) is 37.4 Å². The Kier molecular flexibility index (Phi) is 3.44. The SMILES string of the molecule is NNC(CC1CCCC1)c1cnsn1. The van der Waals surface area contributed by atoms with Crippen LogP contribution in [-0.2, 0) is 0 Å². The molecule has 5 heteroatoms. The molecule has 1 aliphatic carbocycles. The van der Waals surface area contributed by atoms with Crippen molar-refractivity contribution < 1.29 is 0 Å². The van der Waals surface area contributed by atoms with E-state index >= 15 is 0 Å². The van der Waals surface area contributed by atoms with Crippen molar-refractivity contribution >= 4 is 11.7 Å². The Balaban J connectivity index is 1.93. The van der Waals surface area contributed by atoms with Crippen LogP contribution in [0.2, 0.25) is 0 Å². The standard InChI is InChI=1S/C9H16N4S/c10-12-8(9-6-11-14-13-9)5-7-3-1-2-4-7/h6-8,12H,1-5,10H2. The Hall–Kier alpha value is -0.520. The molecule has 0 aliphatic heterocycles. The molecule has 0 radical (unpaired) electrons. The number of hydrogen-bond acceptors (Lipinski definition) is 5. The van der Waals surface area contributed by atoms with Crippen LogP contribution in [-0.4, -0.2) is 8.75 Å². The summed E-state index contributed by atoms with van der Waals surface area (Å²) in [6.07, 6.45) is 8.34. The quantitative estimate of drug-likeness (QED) is 0.588. The van der Waals surface area contributed by atoms with Crippen molar-refractivity contribution in [3.05, 3.63) is 11.9 Å². The summed E-state index contributed by atoms with van der Waals surface area (Å²) >= 11 is 1.25. The predicted octanol–water partition coefficient (Wildman–Crippen LogP) is 1.62. The van der Waals surface area contributed by atoms with Crippen LogP contribution in [0.15, 0.2) is 6.20 Å². The van der Waals surface area contributed by atoms with Crippen molar-refractivity contribution in [2.75, 3.05) is 0 Å². The monoisotopic (exact) mass is 212 g/mol. The molecule has 2 rings (SSSR count). The lowest BCUT2D eigenvalue weighted by atomic mass is 9.97. The van der Waals surface area contributed by atoms with E-state index in [2.05, 4.69) is 14.2 Å². The summed E-state index contributed by atoms with van der Waals surface area (Å²) < 4.78 is 8.22. The third-order valence-corrected chi connectivity index (χ3v) is 3.47. The Morgan fingerprint density at radius 3 is 2.93 bits per heavy atom. The van der Waals surface area contributed by atoms with E-state index in [-0.39, 0.29) is 6.04 Å². The Bertz CT molecular complexity index is 256. The summed E-state index contributed by atoms with van der Waals surface area (Å²) in [7, 11) is 0. The molecule has 3 N–H and O–H groups in total. The third kappa shape index (κ3) is 2.29. The van der Waals surface area contributed by atoms with E-state index in [9.17, 15) is 0 Å². The van der Waals surface area contributed by atoms with Crippen LogP contribution in [0.3, 0.4) is 0 Å². The summed E-state index contributed by atoms with van der Waals surface area (Å²) in [5, 5.41) is 0. The first-order valence-corrected chi connectivity index (χ1v) is 5.86. The van der Waals surface area contributed by atoms with Gasteiger partial charge in [0.15, 0.2) is 0 Å². The van der Waals surface area contributed by atoms with Crippen molar-refractivity contribution in [1.29, 1.82) is 0 Å². The highest BCUT2D eigenvalue weighted by atomic mass is 32.1. The molecule has 0 bridgehead atoms. The topological polar surface area (TPSA) is 63.8 Å². The largest absolute Gasteiger partial charge is 0.271 e. The van der Waals surface area contributed by atoms with Gasteiger partial charge in [0.1, 0.15) is 0 Å². The minimum Gasteiger partial charge on any atom is -0.271 e. The number of rotatable bonds is 4. The van der Waals surface area contributed by atoms with Gasteiger partial charge in [-0.15, -0.1) is 0 Å². The van der Waals surface area contributed by atoms with Crippen LogP contribution in [0.25, 0.3) is 0 Å². The van der Waals surface area contributed by atoms with Crippen LogP contribution in [0.4, 0.5) is 0 Å². The van der Waals surface area contributed by atoms with E-state index in [0.29, 0.717) is 0 Å². The molecule has 14 heavy (non-hydrogen) atoms. The lowest BCUT2D eigenvalue weighted by Crippen LogP contribution is -2.29. The predicted molar refractivity (Wildman–Crippen MR) is 56.5 cm³/mol. The van der Waals surface area contributed by atoms with Crippen molar-refractivity contribution in [3.63, 3.8) is 0 Å². The lowest BCUT2D eigenvalue weighted by molar-refractivity contribution is 0.395. The molecule has 1 saturated carbocycles. The highest BCUT2D eigenvalue weighted by molar-refractivity contribution is 6.99. The minimum atomic E-state index is 0.192. The van der Waals surface area contributed by atoms with Gasteiger partial charge in [0.25, 0.3) is 0 Å². The second-order valence-corrected chi connectivity index (χ2v) is 4.49. The van der Waals surface area contributed by atoms with Crippen LogP contribution >= 0.6 is 11.7 Å². The molecule has 1 heterocycles. The fourth-order valence-corrected chi connectivity index (χ4v) is 2.65. The Morgan fingerprint density at radius 1 is 1.57 bits per heavy atom. The van der Waals surface area contributed by atoms with Gasteiger partial charge in [0, 0.05) is 0 Å². The number of nitrogens with one attached hydrogen (secondary N) is 1. The Morgan fingerprint density at radius 2 is 2.36 bits per heavy atom. The number of nitrogens with two attached hydrogens (primary N) is 1. The first-order chi connectivity index (χ1) is 6.90. The van der Waals surface area contributed by atoms with Crippen LogP contribution in [0.5, 0.6) is 0 Å². The lowest BCUT2D eigenvalue weighted by Gasteiger charge is -2.17. The summed E-state index contributed by atoms with van der Waals surface area (Å²) in [4.78, 5) is 0. The fourth-order valence-electron chi connectivity index (χ4n) is 2.18. The fraction of sp³-hybridized carbons (Fsp3) is 0.778. The molecule has 0 saturated heterocycles. The first kappa shape index (κ1) is 10.0. The zero-order valence-corrected chi connectivity index (χ0v) is 8.96. The van der Waals surface area contributed by atoms with Gasteiger partial charge in [0.2, 0.25) is 0 Å². The highest BCUT2D eigenvalue weighted by Crippen LogP contribution is 2.32. The molecule has 1 unspecified atom stereocenters. The molecule has 1 aromatic rings. The molecule has 0 amide bonds. The van der Waals surface area contributed by atoms with Gasteiger partial charge in [-0.2, -0.15) is 8.75 Å². The maximum absolute atomic E-state index is 5.53. The zero-order valence-electron chi connectivity index (χ0n) is 8.15. The molecule has 1 fully saturated rings. The smallest absolute Gasteiger partial charge is 0.0925 e. The molecule has 4 nitrogen and oxygen atoms in total. The van der Waals surface area contributed by atoms with Gasteiger partial charge in [-0.25, -0.2) is 0 Å². The average Bonchev–Trinajstić information content (AvgIpc) is 2.86. The summed E-state index contributed by atoms with van der Waals surface area (Å²) in [5.74, 6) is 6.35. The maximum atomic E-state index is 5.53. The summed E-state index contributed by atoms with van der Waals surface area (Å²) in [5.41, 5.74) is 3.83. The number of hydrazine groups is 1. The molecular weight excluding hydrogens is 196 g/mol. The van der Waals surface area contributed by atoms with Crippen molar-refractivity contribution in [3.8, 4) is 0 Å². The van der Waals surface area contributed by atoms with Crippen molar-refractivity contribution in [2.45, 2.75) is 38.1 Å². The van der Waals surface area contributed by atoms with Crippen molar-refractivity contribution in [2.24, 2.45) is 11.8 Å². The van der Waals surface area contributed by atoms with E-state index in [4.69, 9.17) is 5.84 Å². The molecular formula is C9H16N4S. The van der Waals surface area contributed by atoms with E-state index in [1.54, 1.807) is 0 Å². The maximum Gasteiger partial charge on any atom is 0.0925 e. The third-order valence-electron chi connectivity index (χ3n) is 2.98. The van der Waals surface area contributed by atoms with Crippen LogP contribution < -0.4 is 11.3 Å². The van der Waals surface area contributed by atoms with E-state index < -0.39 is 0 Å². The number of nitrogens with zero attached hydrogens (tertiary/aromatic N) is 2. The summed E-state index contributed by atoms with van der Waals surface area (Å²) in [6.45, 7) is 0. The molecule has 78 valence electrons. The van der Waals surface area contributed by atoms with Gasteiger partial charge in [-0.3, -0.25) is 11.3 Å². The van der Waals surface area contributed by atoms with E-state index in [0.717, 1.165) is 18.0 Å². The van der Waals surface area contributed by atoms with Crippen LogP contribution in [0, 0.1) is 5.92 Å². The van der Waals surface area contributed by atoms with Gasteiger partial charge in [-0.1, -0.05) is 25.7 Å². The Labute approximate surface area is 88.2 Å². The molecule has 1 atom stereocenters.